The minimum atomic E-state index is -0.0311. The van der Waals surface area contributed by atoms with Gasteiger partial charge >= 0.3 is 0 Å². The molecule has 8 heteroatoms. The van der Waals surface area contributed by atoms with Crippen LogP contribution in [0.25, 0.3) is 0 Å². The Morgan fingerprint density at radius 2 is 1.72 bits per heavy atom. The van der Waals surface area contributed by atoms with Gasteiger partial charge in [0.15, 0.2) is 12.1 Å². The van der Waals surface area contributed by atoms with Gasteiger partial charge < -0.3 is 19.1 Å². The molecular formula is C21H33N5O3. The van der Waals surface area contributed by atoms with E-state index in [1.54, 1.807) is 6.92 Å². The van der Waals surface area contributed by atoms with Crippen molar-refractivity contribution in [3.63, 3.8) is 0 Å². The summed E-state index contributed by atoms with van der Waals surface area (Å²) in [4.78, 5) is 38.5. The second-order valence-electron chi connectivity index (χ2n) is 8.74. The summed E-state index contributed by atoms with van der Waals surface area (Å²) in [7, 11) is 2.12. The van der Waals surface area contributed by atoms with Gasteiger partial charge in [-0.25, -0.2) is 4.98 Å². The molecule has 4 rings (SSSR count). The van der Waals surface area contributed by atoms with Crippen LogP contribution in [0, 0.1) is 12.8 Å². The molecule has 0 radical (unpaired) electrons. The Morgan fingerprint density at radius 3 is 2.38 bits per heavy atom. The summed E-state index contributed by atoms with van der Waals surface area (Å²) in [5.41, 5.74) is 0.430. The maximum absolute atomic E-state index is 13.0. The van der Waals surface area contributed by atoms with E-state index in [0.717, 1.165) is 78.0 Å². The van der Waals surface area contributed by atoms with Gasteiger partial charge in [-0.2, -0.15) is 0 Å². The maximum atomic E-state index is 13.0. The third-order valence-electron chi connectivity index (χ3n) is 6.83. The van der Waals surface area contributed by atoms with Crippen LogP contribution in [0.5, 0.6) is 0 Å². The lowest BCUT2D eigenvalue weighted by Gasteiger charge is -2.43. The van der Waals surface area contributed by atoms with Gasteiger partial charge in [0, 0.05) is 51.9 Å². The van der Waals surface area contributed by atoms with Crippen molar-refractivity contribution in [3.8, 4) is 0 Å². The highest BCUT2D eigenvalue weighted by Crippen LogP contribution is 2.26. The Balaban J connectivity index is 1.29. The third-order valence-corrected chi connectivity index (χ3v) is 6.83. The summed E-state index contributed by atoms with van der Waals surface area (Å²) in [6, 6.07) is 0.459. The molecule has 1 atom stereocenters. The van der Waals surface area contributed by atoms with E-state index in [1.165, 1.54) is 6.39 Å². The zero-order chi connectivity index (χ0) is 20.4. The number of carbonyl (C=O) groups is 2. The van der Waals surface area contributed by atoms with Crippen LogP contribution in [0.15, 0.2) is 10.8 Å². The van der Waals surface area contributed by atoms with Gasteiger partial charge in [-0.15, -0.1) is 0 Å². The van der Waals surface area contributed by atoms with E-state index in [0.29, 0.717) is 23.4 Å². The number of piperazine rings is 1. The van der Waals surface area contributed by atoms with Crippen LogP contribution in [0.1, 0.15) is 41.9 Å². The molecule has 0 aliphatic carbocycles. The summed E-state index contributed by atoms with van der Waals surface area (Å²) in [5.74, 6) is 1.02. The number of oxazole rings is 1. The molecule has 0 N–H and O–H groups in total. The molecule has 0 bridgehead atoms. The maximum Gasteiger partial charge on any atom is 0.276 e. The number of nitrogens with zero attached hydrogens (tertiary/aromatic N) is 5. The monoisotopic (exact) mass is 403 g/mol. The molecule has 2 amide bonds. The number of aryl methyl sites for hydroxylation is 1. The van der Waals surface area contributed by atoms with E-state index in [-0.39, 0.29) is 11.8 Å². The van der Waals surface area contributed by atoms with Crippen LogP contribution in [0.4, 0.5) is 0 Å². The predicted molar refractivity (Wildman–Crippen MR) is 109 cm³/mol. The fourth-order valence-corrected chi connectivity index (χ4v) is 4.92. The molecule has 0 unspecified atom stereocenters. The second kappa shape index (κ2) is 8.83. The first-order valence-electron chi connectivity index (χ1n) is 10.9. The van der Waals surface area contributed by atoms with E-state index in [2.05, 4.69) is 26.7 Å². The molecule has 4 heterocycles. The SMILES string of the molecule is Cc1ocnc1C(=O)N1CCC(N2CCC[C@@H](C(=O)N3CCN(C)CC3)C2)CC1. The average Bonchev–Trinajstić information content (AvgIpc) is 3.19. The normalized spacial score (nSPS) is 25.4. The molecule has 3 fully saturated rings. The number of rotatable bonds is 3. The second-order valence-corrected chi connectivity index (χ2v) is 8.74. The molecule has 160 valence electrons. The molecular weight excluding hydrogens is 370 g/mol. The number of likely N-dealkylation sites (tertiary alicyclic amines) is 2. The quantitative estimate of drug-likeness (QED) is 0.752. The first-order valence-corrected chi connectivity index (χ1v) is 10.9. The van der Waals surface area contributed by atoms with Gasteiger partial charge in [0.2, 0.25) is 5.91 Å². The molecule has 0 aromatic carbocycles. The van der Waals surface area contributed by atoms with Crippen molar-refractivity contribution in [2.45, 2.75) is 38.6 Å². The highest BCUT2D eigenvalue weighted by molar-refractivity contribution is 5.93. The Hall–Kier alpha value is -1.93. The van der Waals surface area contributed by atoms with Crippen molar-refractivity contribution in [2.75, 3.05) is 59.4 Å². The number of piperidine rings is 2. The van der Waals surface area contributed by atoms with Crippen molar-refractivity contribution in [3.05, 3.63) is 17.8 Å². The summed E-state index contributed by atoms with van der Waals surface area (Å²) in [6.45, 7) is 8.84. The molecule has 1 aromatic heterocycles. The fourth-order valence-electron chi connectivity index (χ4n) is 4.92. The van der Waals surface area contributed by atoms with Crippen LogP contribution >= 0.6 is 0 Å². The fraction of sp³-hybridized carbons (Fsp3) is 0.762. The lowest BCUT2D eigenvalue weighted by Crippen LogP contribution is -2.54. The van der Waals surface area contributed by atoms with Crippen LogP contribution in [0.3, 0.4) is 0 Å². The van der Waals surface area contributed by atoms with Crippen molar-refractivity contribution < 1.29 is 14.0 Å². The molecule has 3 saturated heterocycles. The first-order chi connectivity index (χ1) is 14.0. The van der Waals surface area contributed by atoms with Gasteiger partial charge in [0.1, 0.15) is 5.76 Å². The number of carbonyl (C=O) groups excluding carboxylic acids is 2. The number of aromatic nitrogens is 1. The minimum Gasteiger partial charge on any atom is -0.448 e. The highest BCUT2D eigenvalue weighted by Gasteiger charge is 2.35. The number of amides is 2. The Bertz CT molecular complexity index is 720. The van der Waals surface area contributed by atoms with Crippen molar-refractivity contribution in [1.82, 2.24) is 24.6 Å². The van der Waals surface area contributed by atoms with E-state index < -0.39 is 0 Å². The molecule has 0 spiro atoms. The van der Waals surface area contributed by atoms with Crippen LogP contribution in [-0.4, -0.2) is 102 Å². The summed E-state index contributed by atoms with van der Waals surface area (Å²) >= 11 is 0. The molecule has 29 heavy (non-hydrogen) atoms. The van der Waals surface area contributed by atoms with Crippen molar-refractivity contribution >= 4 is 11.8 Å². The Labute approximate surface area is 172 Å². The highest BCUT2D eigenvalue weighted by atomic mass is 16.3. The lowest BCUT2D eigenvalue weighted by molar-refractivity contribution is -0.139. The van der Waals surface area contributed by atoms with E-state index in [1.807, 2.05) is 4.90 Å². The minimum absolute atomic E-state index is 0.0311. The van der Waals surface area contributed by atoms with Crippen LogP contribution < -0.4 is 0 Å². The largest absolute Gasteiger partial charge is 0.448 e. The van der Waals surface area contributed by atoms with E-state index in [4.69, 9.17) is 4.42 Å². The Morgan fingerprint density at radius 1 is 1.00 bits per heavy atom. The number of likely N-dealkylation sites (N-methyl/N-ethyl adjacent to an activating group) is 1. The molecule has 3 aliphatic heterocycles. The molecule has 0 saturated carbocycles. The summed E-state index contributed by atoms with van der Waals surface area (Å²) in [5, 5.41) is 0. The van der Waals surface area contributed by atoms with Gasteiger partial charge in [0.25, 0.3) is 5.91 Å². The van der Waals surface area contributed by atoms with Crippen molar-refractivity contribution in [1.29, 1.82) is 0 Å². The molecule has 8 nitrogen and oxygen atoms in total. The zero-order valence-corrected chi connectivity index (χ0v) is 17.7. The molecule has 3 aliphatic rings. The van der Waals surface area contributed by atoms with Crippen molar-refractivity contribution in [2.24, 2.45) is 5.92 Å². The van der Waals surface area contributed by atoms with Gasteiger partial charge in [-0.1, -0.05) is 0 Å². The Kier molecular flexibility index (Phi) is 6.20. The average molecular weight is 404 g/mol. The third kappa shape index (κ3) is 4.48. The zero-order valence-electron chi connectivity index (χ0n) is 17.7. The summed E-state index contributed by atoms with van der Waals surface area (Å²) in [6.07, 6.45) is 5.34. The van der Waals surface area contributed by atoms with Crippen LogP contribution in [0.2, 0.25) is 0 Å². The van der Waals surface area contributed by atoms with Gasteiger partial charge in [-0.05, 0) is 46.2 Å². The standard InChI is InChI=1S/C21H33N5O3/c1-16-19(22-15-29-16)21(28)24-8-5-18(6-9-24)26-7-3-4-17(14-26)20(27)25-12-10-23(2)11-13-25/h15,17-18H,3-14H2,1-2H3/t17-/m1/s1. The van der Waals surface area contributed by atoms with Gasteiger partial charge in [0.05, 0.1) is 5.92 Å². The van der Waals surface area contributed by atoms with Crippen LogP contribution in [-0.2, 0) is 4.79 Å². The lowest BCUT2D eigenvalue weighted by atomic mass is 9.92. The smallest absolute Gasteiger partial charge is 0.276 e. The van der Waals surface area contributed by atoms with E-state index in [9.17, 15) is 9.59 Å². The topological polar surface area (TPSA) is 73.1 Å². The molecule has 1 aromatic rings. The number of hydrogen-bond donors (Lipinski definition) is 0. The number of hydrogen-bond acceptors (Lipinski definition) is 6. The predicted octanol–water partition coefficient (Wildman–Crippen LogP) is 1.07. The summed E-state index contributed by atoms with van der Waals surface area (Å²) < 4.78 is 5.18. The van der Waals surface area contributed by atoms with E-state index >= 15 is 0 Å². The first kappa shape index (κ1) is 20.3. The van der Waals surface area contributed by atoms with Gasteiger partial charge in [-0.3, -0.25) is 14.5 Å².